The molecule has 2 N–H and O–H groups in total. The van der Waals surface area contributed by atoms with Crippen LogP contribution in [0.2, 0.25) is 0 Å². The zero-order valence-corrected chi connectivity index (χ0v) is 15.3. The van der Waals surface area contributed by atoms with Crippen molar-refractivity contribution < 1.29 is 9.90 Å². The molecule has 0 aliphatic heterocycles. The number of nitrogens with zero attached hydrogens (tertiary/aromatic N) is 3. The fourth-order valence-corrected chi connectivity index (χ4v) is 3.77. The largest absolute Gasteiger partial charge is 0.506 e. The number of aryl methyl sites for hydroxylation is 2. The summed E-state index contributed by atoms with van der Waals surface area (Å²) in [7, 11) is 0. The van der Waals surface area contributed by atoms with E-state index in [1.54, 1.807) is 34.8 Å². The van der Waals surface area contributed by atoms with Crippen LogP contribution in [0.5, 0.6) is 5.75 Å². The Morgan fingerprint density at radius 2 is 2.04 bits per heavy atom. The van der Waals surface area contributed by atoms with E-state index in [4.69, 9.17) is 5.26 Å². The van der Waals surface area contributed by atoms with Crippen LogP contribution in [-0.4, -0.2) is 26.2 Å². The molecule has 4 rings (SSSR count). The zero-order valence-electron chi connectivity index (χ0n) is 15.3. The SMILES string of the molecule is Cc1ccc(O)c2c3c(nn12)CCC(C)(NC(=O)c1ccc(C#N)cc1)C3. The number of aromatic nitrogens is 2. The van der Waals surface area contributed by atoms with E-state index in [2.05, 4.69) is 16.5 Å². The first-order valence-electron chi connectivity index (χ1n) is 8.92. The quantitative estimate of drug-likeness (QED) is 0.735. The molecule has 0 saturated heterocycles. The van der Waals surface area contributed by atoms with Crippen LogP contribution in [0, 0.1) is 18.3 Å². The van der Waals surface area contributed by atoms with Gasteiger partial charge >= 0.3 is 0 Å². The molecular weight excluding hydrogens is 340 g/mol. The molecule has 1 aliphatic rings. The van der Waals surface area contributed by atoms with Gasteiger partial charge in [0.25, 0.3) is 5.91 Å². The highest BCUT2D eigenvalue weighted by atomic mass is 16.3. The number of carbonyl (C=O) groups is 1. The summed E-state index contributed by atoms with van der Waals surface area (Å²) in [5.74, 6) is 0.0411. The molecule has 6 heteroatoms. The number of rotatable bonds is 2. The average molecular weight is 360 g/mol. The molecule has 0 fully saturated rings. The first-order chi connectivity index (χ1) is 12.9. The van der Waals surface area contributed by atoms with Crippen LogP contribution in [0.1, 0.15) is 46.2 Å². The van der Waals surface area contributed by atoms with E-state index in [1.807, 2.05) is 19.9 Å². The summed E-state index contributed by atoms with van der Waals surface area (Å²) in [5.41, 5.74) is 4.27. The Balaban J connectivity index is 1.63. The van der Waals surface area contributed by atoms with Gasteiger partial charge in [-0.3, -0.25) is 4.79 Å². The summed E-state index contributed by atoms with van der Waals surface area (Å²) in [4.78, 5) is 12.7. The molecule has 3 aromatic rings. The number of nitriles is 1. The van der Waals surface area contributed by atoms with E-state index >= 15 is 0 Å². The predicted octanol–water partition coefficient (Wildman–Crippen LogP) is 2.90. The highest BCUT2D eigenvalue weighted by Gasteiger charge is 2.35. The minimum atomic E-state index is -0.433. The third-order valence-corrected chi connectivity index (χ3v) is 5.30. The lowest BCUT2D eigenvalue weighted by atomic mass is 9.81. The van der Waals surface area contributed by atoms with E-state index in [1.165, 1.54) is 0 Å². The fraction of sp³-hybridized carbons (Fsp3) is 0.286. The maximum Gasteiger partial charge on any atom is 0.251 e. The number of amides is 1. The Hall–Kier alpha value is -3.33. The van der Waals surface area contributed by atoms with Gasteiger partial charge in [0, 0.05) is 22.4 Å². The number of fused-ring (bicyclic) bond motifs is 3. The van der Waals surface area contributed by atoms with Crippen molar-refractivity contribution in [3.8, 4) is 11.8 Å². The summed E-state index contributed by atoms with van der Waals surface area (Å²) in [6.07, 6.45) is 2.11. The molecule has 0 saturated carbocycles. The number of hydrogen-bond donors (Lipinski definition) is 2. The molecule has 0 bridgehead atoms. The third kappa shape index (κ3) is 2.91. The fourth-order valence-electron chi connectivity index (χ4n) is 3.77. The van der Waals surface area contributed by atoms with Crippen molar-refractivity contribution in [1.82, 2.24) is 14.9 Å². The normalized spacial score (nSPS) is 18.7. The molecule has 1 aliphatic carbocycles. The van der Waals surface area contributed by atoms with E-state index < -0.39 is 5.54 Å². The maximum absolute atomic E-state index is 12.7. The number of hydrogen-bond acceptors (Lipinski definition) is 4. The third-order valence-electron chi connectivity index (χ3n) is 5.30. The minimum absolute atomic E-state index is 0.165. The second kappa shape index (κ2) is 6.13. The van der Waals surface area contributed by atoms with Crippen molar-refractivity contribution in [3.63, 3.8) is 0 Å². The van der Waals surface area contributed by atoms with Crippen molar-refractivity contribution in [2.45, 2.75) is 38.6 Å². The van der Waals surface area contributed by atoms with Crippen molar-refractivity contribution in [1.29, 1.82) is 5.26 Å². The summed E-state index contributed by atoms with van der Waals surface area (Å²) in [5, 5.41) is 27.0. The summed E-state index contributed by atoms with van der Waals surface area (Å²) >= 11 is 0. The van der Waals surface area contributed by atoms with Crippen LogP contribution in [-0.2, 0) is 12.8 Å². The van der Waals surface area contributed by atoms with E-state index in [-0.39, 0.29) is 11.7 Å². The molecule has 0 spiro atoms. The second-order valence-electron chi connectivity index (χ2n) is 7.43. The van der Waals surface area contributed by atoms with Crippen LogP contribution in [0.25, 0.3) is 5.52 Å². The molecule has 27 heavy (non-hydrogen) atoms. The Bertz CT molecular complexity index is 1090. The molecule has 2 aromatic heterocycles. The van der Waals surface area contributed by atoms with Crippen LogP contribution < -0.4 is 5.32 Å². The standard InChI is InChI=1S/C21H20N4O2/c1-13-3-8-18(26)19-16-11-21(2,10-9-17(16)24-25(13)19)23-20(27)15-6-4-14(12-22)5-7-15/h3-8,26H,9-11H2,1-2H3,(H,23,27). The van der Waals surface area contributed by atoms with Gasteiger partial charge in [-0.15, -0.1) is 0 Å². The highest BCUT2D eigenvalue weighted by Crippen LogP contribution is 2.35. The number of nitrogens with one attached hydrogen (secondary N) is 1. The van der Waals surface area contributed by atoms with Gasteiger partial charge in [0.15, 0.2) is 0 Å². The van der Waals surface area contributed by atoms with Gasteiger partial charge in [0.2, 0.25) is 0 Å². The Morgan fingerprint density at radius 3 is 2.74 bits per heavy atom. The van der Waals surface area contributed by atoms with E-state index in [9.17, 15) is 9.90 Å². The Labute approximate surface area is 157 Å². The number of pyridine rings is 1. The van der Waals surface area contributed by atoms with Gasteiger partial charge in [-0.25, -0.2) is 4.52 Å². The van der Waals surface area contributed by atoms with E-state index in [0.29, 0.717) is 17.5 Å². The molecule has 136 valence electrons. The van der Waals surface area contributed by atoms with Gasteiger partial charge in [0.05, 0.1) is 17.3 Å². The summed E-state index contributed by atoms with van der Waals surface area (Å²) in [6.45, 7) is 3.98. The van der Waals surface area contributed by atoms with Gasteiger partial charge in [-0.2, -0.15) is 10.4 Å². The Morgan fingerprint density at radius 1 is 1.30 bits per heavy atom. The first-order valence-corrected chi connectivity index (χ1v) is 8.92. The number of aromatic hydroxyl groups is 1. The molecular formula is C21H20N4O2. The summed E-state index contributed by atoms with van der Waals surface area (Å²) in [6, 6.07) is 12.2. The molecule has 0 radical (unpaired) electrons. The molecule has 1 atom stereocenters. The monoisotopic (exact) mass is 360 g/mol. The van der Waals surface area contributed by atoms with E-state index in [0.717, 1.165) is 35.3 Å². The van der Waals surface area contributed by atoms with Crippen LogP contribution in [0.4, 0.5) is 0 Å². The zero-order chi connectivity index (χ0) is 19.2. The van der Waals surface area contributed by atoms with Gasteiger partial charge in [-0.05, 0) is 69.5 Å². The predicted molar refractivity (Wildman–Crippen MR) is 101 cm³/mol. The van der Waals surface area contributed by atoms with Crippen LogP contribution >= 0.6 is 0 Å². The van der Waals surface area contributed by atoms with Gasteiger partial charge in [0.1, 0.15) is 11.3 Å². The highest BCUT2D eigenvalue weighted by molar-refractivity contribution is 5.94. The number of carbonyl (C=O) groups excluding carboxylic acids is 1. The lowest BCUT2D eigenvalue weighted by Gasteiger charge is -2.34. The molecule has 1 aromatic carbocycles. The van der Waals surface area contributed by atoms with Crippen LogP contribution in [0.15, 0.2) is 36.4 Å². The second-order valence-corrected chi connectivity index (χ2v) is 7.43. The summed E-state index contributed by atoms with van der Waals surface area (Å²) < 4.78 is 1.79. The van der Waals surface area contributed by atoms with Crippen molar-refractivity contribution >= 4 is 11.4 Å². The lowest BCUT2D eigenvalue weighted by Crippen LogP contribution is -2.49. The maximum atomic E-state index is 12.7. The smallest absolute Gasteiger partial charge is 0.251 e. The van der Waals surface area contributed by atoms with Gasteiger partial charge < -0.3 is 10.4 Å². The number of benzene rings is 1. The van der Waals surface area contributed by atoms with Gasteiger partial charge in [-0.1, -0.05) is 0 Å². The molecule has 6 nitrogen and oxygen atoms in total. The Kier molecular flexibility index (Phi) is 3.88. The van der Waals surface area contributed by atoms with Crippen LogP contribution in [0.3, 0.4) is 0 Å². The minimum Gasteiger partial charge on any atom is -0.506 e. The molecule has 1 amide bonds. The lowest BCUT2D eigenvalue weighted by molar-refractivity contribution is 0.0898. The first kappa shape index (κ1) is 17.1. The molecule has 2 heterocycles. The van der Waals surface area contributed by atoms with Crippen molar-refractivity contribution in [2.75, 3.05) is 0 Å². The molecule has 1 unspecified atom stereocenters. The average Bonchev–Trinajstić information content (AvgIpc) is 3.04. The van der Waals surface area contributed by atoms with Crippen molar-refractivity contribution in [2.24, 2.45) is 0 Å². The topological polar surface area (TPSA) is 90.4 Å². The van der Waals surface area contributed by atoms with Crippen molar-refractivity contribution in [3.05, 3.63) is 64.5 Å².